The van der Waals surface area contributed by atoms with Gasteiger partial charge in [-0.3, -0.25) is 0 Å². The zero-order valence-corrected chi connectivity index (χ0v) is 12.7. The van der Waals surface area contributed by atoms with E-state index >= 15 is 0 Å². The molecule has 1 aromatic rings. The summed E-state index contributed by atoms with van der Waals surface area (Å²) in [4.78, 5) is 3.03. The largest absolute Gasteiger partial charge is 0.144 e. The Hall–Kier alpha value is -0.300. The Labute approximate surface area is 105 Å². The van der Waals surface area contributed by atoms with E-state index in [0.29, 0.717) is 5.41 Å². The second kappa shape index (κ2) is 4.52. The predicted molar refractivity (Wildman–Crippen MR) is 75.5 cm³/mol. The summed E-state index contributed by atoms with van der Waals surface area (Å²) >= 11 is 1.99. The van der Waals surface area contributed by atoms with Crippen molar-refractivity contribution in [1.82, 2.24) is 0 Å². The fourth-order valence-corrected chi connectivity index (χ4v) is 3.40. The smallest absolute Gasteiger partial charge is 0.0105 e. The molecule has 0 bridgehead atoms. The van der Waals surface area contributed by atoms with Gasteiger partial charge in [-0.2, -0.15) is 0 Å². The highest BCUT2D eigenvalue weighted by molar-refractivity contribution is 7.12. The van der Waals surface area contributed by atoms with Crippen molar-refractivity contribution >= 4 is 11.3 Å². The van der Waals surface area contributed by atoms with Crippen LogP contribution in [0.5, 0.6) is 0 Å². The minimum Gasteiger partial charge on any atom is -0.144 e. The lowest BCUT2D eigenvalue weighted by Gasteiger charge is -2.25. The second-order valence-corrected chi connectivity index (χ2v) is 7.98. The van der Waals surface area contributed by atoms with E-state index in [1.807, 2.05) is 11.3 Å². The minimum atomic E-state index is 0.289. The van der Waals surface area contributed by atoms with Gasteiger partial charge < -0.3 is 0 Å². The Kier molecular flexibility index (Phi) is 3.89. The maximum atomic E-state index is 2.37. The van der Waals surface area contributed by atoms with Crippen molar-refractivity contribution in [1.29, 1.82) is 0 Å². The molecule has 0 nitrogen and oxygen atoms in total. The van der Waals surface area contributed by atoms with Gasteiger partial charge in [0.05, 0.1) is 0 Å². The topological polar surface area (TPSA) is 0 Å². The van der Waals surface area contributed by atoms with Crippen molar-refractivity contribution in [2.75, 3.05) is 0 Å². The average molecular weight is 238 g/mol. The third-order valence-electron chi connectivity index (χ3n) is 2.93. The molecule has 0 saturated heterocycles. The standard InChI is InChI=1S/C15H26S/c1-11(2)10-15(6,7)13-9-8-12(16-13)14(3,4)5/h8-9,11H,10H2,1-7H3. The molecule has 1 aromatic heterocycles. The lowest BCUT2D eigenvalue weighted by atomic mass is 9.82. The second-order valence-electron chi connectivity index (χ2n) is 6.90. The normalized spacial score (nSPS) is 13.5. The van der Waals surface area contributed by atoms with E-state index in [1.54, 1.807) is 0 Å². The van der Waals surface area contributed by atoms with Crippen molar-refractivity contribution < 1.29 is 0 Å². The number of rotatable bonds is 3. The Bertz CT molecular complexity index is 337. The van der Waals surface area contributed by atoms with Crippen molar-refractivity contribution in [3.05, 3.63) is 21.9 Å². The van der Waals surface area contributed by atoms with Crippen LogP contribution in [0, 0.1) is 5.92 Å². The lowest BCUT2D eigenvalue weighted by Crippen LogP contribution is -2.18. The van der Waals surface area contributed by atoms with Gasteiger partial charge in [-0.05, 0) is 35.3 Å². The summed E-state index contributed by atoms with van der Waals surface area (Å²) in [7, 11) is 0. The quantitative estimate of drug-likeness (QED) is 0.664. The SMILES string of the molecule is CC(C)CC(C)(C)c1ccc(C(C)(C)C)s1. The molecule has 16 heavy (non-hydrogen) atoms. The molecule has 0 aliphatic heterocycles. The van der Waals surface area contributed by atoms with Crippen molar-refractivity contribution in [3.63, 3.8) is 0 Å². The first-order chi connectivity index (χ1) is 7.13. The molecule has 1 rings (SSSR count). The van der Waals surface area contributed by atoms with Crippen LogP contribution in [0.25, 0.3) is 0 Å². The Balaban J connectivity index is 2.93. The summed E-state index contributed by atoms with van der Waals surface area (Å²) in [5, 5.41) is 0. The van der Waals surface area contributed by atoms with E-state index in [4.69, 9.17) is 0 Å². The van der Waals surface area contributed by atoms with E-state index in [0.717, 1.165) is 5.92 Å². The zero-order valence-electron chi connectivity index (χ0n) is 11.8. The lowest BCUT2D eigenvalue weighted by molar-refractivity contribution is 0.406. The van der Waals surface area contributed by atoms with Gasteiger partial charge >= 0.3 is 0 Å². The third kappa shape index (κ3) is 3.35. The molecule has 0 aliphatic carbocycles. The van der Waals surface area contributed by atoms with Crippen molar-refractivity contribution in [2.24, 2.45) is 5.92 Å². The molecule has 0 amide bonds. The summed E-state index contributed by atoms with van der Waals surface area (Å²) in [5.74, 6) is 0.759. The fourth-order valence-electron chi connectivity index (χ4n) is 2.23. The van der Waals surface area contributed by atoms with Crippen molar-refractivity contribution in [2.45, 2.75) is 65.7 Å². The first-order valence-corrected chi connectivity index (χ1v) is 7.05. The van der Waals surface area contributed by atoms with Crippen LogP contribution in [0.4, 0.5) is 0 Å². The van der Waals surface area contributed by atoms with Crippen LogP contribution in [0.2, 0.25) is 0 Å². The van der Waals surface area contributed by atoms with Gasteiger partial charge in [-0.25, -0.2) is 0 Å². The minimum absolute atomic E-state index is 0.289. The monoisotopic (exact) mass is 238 g/mol. The third-order valence-corrected chi connectivity index (χ3v) is 4.81. The van der Waals surface area contributed by atoms with Gasteiger partial charge in [0.1, 0.15) is 0 Å². The van der Waals surface area contributed by atoms with E-state index < -0.39 is 0 Å². The summed E-state index contributed by atoms with van der Waals surface area (Å²) in [5.41, 5.74) is 0.610. The number of hydrogen-bond acceptors (Lipinski definition) is 1. The van der Waals surface area contributed by atoms with Gasteiger partial charge in [0.25, 0.3) is 0 Å². The van der Waals surface area contributed by atoms with E-state index in [-0.39, 0.29) is 5.41 Å². The molecule has 0 aliphatic rings. The number of thiophene rings is 1. The Morgan fingerprint density at radius 2 is 1.50 bits per heavy atom. The summed E-state index contributed by atoms with van der Waals surface area (Å²) in [6.07, 6.45) is 1.26. The van der Waals surface area contributed by atoms with Crippen LogP contribution in [0.3, 0.4) is 0 Å². The number of hydrogen-bond donors (Lipinski definition) is 0. The molecule has 0 spiro atoms. The molecule has 1 heteroatoms. The van der Waals surface area contributed by atoms with Crippen LogP contribution in [-0.4, -0.2) is 0 Å². The molecule has 0 fully saturated rings. The summed E-state index contributed by atoms with van der Waals surface area (Å²) < 4.78 is 0. The first kappa shape index (κ1) is 13.8. The summed E-state index contributed by atoms with van der Waals surface area (Å²) in [6.45, 7) is 16.2. The average Bonchev–Trinajstić information content (AvgIpc) is 2.47. The Morgan fingerprint density at radius 3 is 1.88 bits per heavy atom. The van der Waals surface area contributed by atoms with E-state index in [9.17, 15) is 0 Å². The maximum absolute atomic E-state index is 2.37. The van der Waals surface area contributed by atoms with E-state index in [1.165, 1.54) is 16.2 Å². The molecule has 0 saturated carbocycles. The molecular formula is C15H26S. The maximum Gasteiger partial charge on any atom is 0.0105 e. The summed E-state index contributed by atoms with van der Waals surface area (Å²) in [6, 6.07) is 4.63. The van der Waals surface area contributed by atoms with E-state index in [2.05, 4.69) is 60.6 Å². The predicted octanol–water partition coefficient (Wildman–Crippen LogP) is 5.37. The molecule has 92 valence electrons. The van der Waals surface area contributed by atoms with Gasteiger partial charge in [-0.15, -0.1) is 11.3 Å². The fraction of sp³-hybridized carbons (Fsp3) is 0.733. The van der Waals surface area contributed by atoms with Crippen LogP contribution in [0.15, 0.2) is 12.1 Å². The van der Waals surface area contributed by atoms with Crippen LogP contribution in [-0.2, 0) is 10.8 Å². The molecular weight excluding hydrogens is 212 g/mol. The zero-order chi connectivity index (χ0) is 12.6. The van der Waals surface area contributed by atoms with Gasteiger partial charge in [0.15, 0.2) is 0 Å². The highest BCUT2D eigenvalue weighted by Gasteiger charge is 2.25. The highest BCUT2D eigenvalue weighted by atomic mass is 32.1. The molecule has 0 aromatic carbocycles. The van der Waals surface area contributed by atoms with Crippen LogP contribution in [0.1, 0.15) is 64.6 Å². The van der Waals surface area contributed by atoms with Crippen molar-refractivity contribution in [3.8, 4) is 0 Å². The molecule has 0 unspecified atom stereocenters. The molecule has 0 N–H and O–H groups in total. The first-order valence-electron chi connectivity index (χ1n) is 6.24. The molecule has 1 heterocycles. The highest BCUT2D eigenvalue weighted by Crippen LogP contribution is 2.38. The van der Waals surface area contributed by atoms with Gasteiger partial charge in [0, 0.05) is 9.75 Å². The van der Waals surface area contributed by atoms with Gasteiger partial charge in [-0.1, -0.05) is 48.5 Å². The molecule has 0 atom stereocenters. The molecule has 0 radical (unpaired) electrons. The van der Waals surface area contributed by atoms with Crippen LogP contribution >= 0.6 is 11.3 Å². The Morgan fingerprint density at radius 1 is 1.00 bits per heavy atom. The van der Waals surface area contributed by atoms with Gasteiger partial charge in [0.2, 0.25) is 0 Å². The van der Waals surface area contributed by atoms with Crippen LogP contribution < -0.4 is 0 Å².